The van der Waals surface area contributed by atoms with Gasteiger partial charge in [0.15, 0.2) is 0 Å². The van der Waals surface area contributed by atoms with Crippen LogP contribution in [0.2, 0.25) is 0 Å². The minimum absolute atomic E-state index is 0.260. The Balaban J connectivity index is 1.50. The van der Waals surface area contributed by atoms with E-state index in [1.807, 2.05) is 72.8 Å². The van der Waals surface area contributed by atoms with Crippen molar-refractivity contribution in [1.29, 1.82) is 0 Å². The Labute approximate surface area is 200 Å². The van der Waals surface area contributed by atoms with Gasteiger partial charge in [0.05, 0.1) is 22.2 Å². The molecule has 0 fully saturated rings. The highest BCUT2D eigenvalue weighted by Gasteiger charge is 2.37. The summed E-state index contributed by atoms with van der Waals surface area (Å²) in [6.45, 7) is 0.467. The number of aromatic amines is 1. The van der Waals surface area contributed by atoms with Crippen LogP contribution in [0.1, 0.15) is 26.3 Å². The predicted octanol–water partition coefficient (Wildman–Crippen LogP) is 6.43. The summed E-state index contributed by atoms with van der Waals surface area (Å²) in [5.74, 6) is 0.207. The first-order chi connectivity index (χ1) is 17.1. The van der Waals surface area contributed by atoms with Crippen LogP contribution in [0.5, 0.6) is 5.75 Å². The van der Waals surface area contributed by atoms with Gasteiger partial charge in [-0.1, -0.05) is 54.6 Å². The van der Waals surface area contributed by atoms with E-state index >= 15 is 0 Å². The van der Waals surface area contributed by atoms with E-state index in [-0.39, 0.29) is 11.8 Å². The second kappa shape index (κ2) is 7.18. The summed E-state index contributed by atoms with van der Waals surface area (Å²) < 4.78 is 6.04. The van der Waals surface area contributed by atoms with E-state index < -0.39 is 0 Å². The molecule has 6 aromatic rings. The van der Waals surface area contributed by atoms with Gasteiger partial charge in [-0.25, -0.2) is 0 Å². The van der Waals surface area contributed by atoms with Crippen molar-refractivity contribution >= 4 is 55.2 Å². The van der Waals surface area contributed by atoms with Crippen LogP contribution in [0.25, 0.3) is 43.4 Å². The van der Waals surface area contributed by atoms with E-state index in [4.69, 9.17) is 4.74 Å². The molecule has 1 aromatic heterocycles. The van der Waals surface area contributed by atoms with Crippen LogP contribution in [0.4, 0.5) is 0 Å². The van der Waals surface area contributed by atoms with E-state index in [1.165, 1.54) is 4.90 Å². The fourth-order valence-corrected chi connectivity index (χ4v) is 5.25. The molecule has 0 atom stereocenters. The van der Waals surface area contributed by atoms with Crippen LogP contribution in [-0.2, 0) is 6.61 Å². The summed E-state index contributed by atoms with van der Waals surface area (Å²) in [7, 11) is 1.55. The van der Waals surface area contributed by atoms with Crippen molar-refractivity contribution in [3.63, 3.8) is 0 Å². The lowest BCUT2D eigenvalue weighted by molar-refractivity contribution is 0.0694. The predicted molar refractivity (Wildman–Crippen MR) is 138 cm³/mol. The molecule has 2 amide bonds. The topological polar surface area (TPSA) is 62.4 Å². The van der Waals surface area contributed by atoms with Gasteiger partial charge in [-0.05, 0) is 46.0 Å². The SMILES string of the molecule is CN1C(=O)c2c(c3c4ccc(OCc5ccccc5)cc4[nH]c3c3cc4ccccc4cc23)C1=O. The van der Waals surface area contributed by atoms with E-state index in [0.29, 0.717) is 17.7 Å². The summed E-state index contributed by atoms with van der Waals surface area (Å²) in [6, 6.07) is 28.1. The first-order valence-electron chi connectivity index (χ1n) is 11.5. The third kappa shape index (κ3) is 2.81. The number of nitrogens with zero attached hydrogens (tertiary/aromatic N) is 1. The highest BCUT2D eigenvalue weighted by Crippen LogP contribution is 2.42. The van der Waals surface area contributed by atoms with Crippen molar-refractivity contribution in [1.82, 2.24) is 9.88 Å². The molecule has 0 saturated heterocycles. The number of nitrogens with one attached hydrogen (secondary N) is 1. The van der Waals surface area contributed by atoms with Crippen LogP contribution < -0.4 is 4.74 Å². The zero-order valence-corrected chi connectivity index (χ0v) is 19.0. The smallest absolute Gasteiger partial charge is 0.262 e. The number of ether oxygens (including phenoxy) is 1. The molecule has 1 aliphatic rings. The first-order valence-corrected chi connectivity index (χ1v) is 11.5. The van der Waals surface area contributed by atoms with Crippen molar-refractivity contribution in [3.05, 3.63) is 102 Å². The number of imide groups is 1. The first kappa shape index (κ1) is 19.8. The summed E-state index contributed by atoms with van der Waals surface area (Å²) in [6.07, 6.45) is 0. The minimum Gasteiger partial charge on any atom is -0.489 e. The maximum absolute atomic E-state index is 13.3. The number of carbonyl (C=O) groups excluding carboxylic acids is 2. The molecule has 7 rings (SSSR count). The third-order valence-electron chi connectivity index (χ3n) is 6.98. The Hall–Kier alpha value is -4.64. The van der Waals surface area contributed by atoms with Gasteiger partial charge in [-0.3, -0.25) is 14.5 Å². The van der Waals surface area contributed by atoms with Crippen LogP contribution >= 0.6 is 0 Å². The van der Waals surface area contributed by atoms with Gasteiger partial charge < -0.3 is 9.72 Å². The Morgan fingerprint density at radius 3 is 2.20 bits per heavy atom. The quantitative estimate of drug-likeness (QED) is 0.246. The van der Waals surface area contributed by atoms with Gasteiger partial charge in [-0.15, -0.1) is 0 Å². The number of carbonyl (C=O) groups is 2. The van der Waals surface area contributed by atoms with E-state index in [9.17, 15) is 9.59 Å². The highest BCUT2D eigenvalue weighted by molar-refractivity contribution is 6.37. The van der Waals surface area contributed by atoms with Gasteiger partial charge in [0.25, 0.3) is 11.8 Å². The Morgan fingerprint density at radius 2 is 1.43 bits per heavy atom. The number of amides is 2. The number of hydrogen-bond acceptors (Lipinski definition) is 3. The average molecular weight is 457 g/mol. The van der Waals surface area contributed by atoms with Crippen molar-refractivity contribution in [3.8, 4) is 5.75 Å². The molecule has 0 saturated carbocycles. The Bertz CT molecular complexity index is 1850. The van der Waals surface area contributed by atoms with Crippen LogP contribution in [0.3, 0.4) is 0 Å². The van der Waals surface area contributed by atoms with Gasteiger partial charge >= 0.3 is 0 Å². The summed E-state index contributed by atoms with van der Waals surface area (Å²) >= 11 is 0. The minimum atomic E-state index is -0.268. The summed E-state index contributed by atoms with van der Waals surface area (Å²) in [5, 5.41) is 5.52. The fourth-order valence-electron chi connectivity index (χ4n) is 5.25. The molecule has 0 radical (unpaired) electrons. The van der Waals surface area contributed by atoms with E-state index in [1.54, 1.807) is 7.05 Å². The highest BCUT2D eigenvalue weighted by atomic mass is 16.5. The second-order valence-electron chi connectivity index (χ2n) is 9.02. The molecular weight excluding hydrogens is 436 g/mol. The fraction of sp³-hybridized carbons (Fsp3) is 0.0667. The lowest BCUT2D eigenvalue weighted by atomic mass is 9.93. The normalized spacial score (nSPS) is 13.5. The lowest BCUT2D eigenvalue weighted by Crippen LogP contribution is -2.24. The zero-order valence-electron chi connectivity index (χ0n) is 19.0. The van der Waals surface area contributed by atoms with E-state index in [2.05, 4.69) is 17.1 Å². The largest absolute Gasteiger partial charge is 0.489 e. The van der Waals surface area contributed by atoms with Crippen molar-refractivity contribution in [2.24, 2.45) is 0 Å². The molecule has 0 unspecified atom stereocenters. The number of H-pyrrole nitrogens is 1. The molecule has 5 heteroatoms. The average Bonchev–Trinajstić information content (AvgIpc) is 3.38. The molecule has 2 heterocycles. The van der Waals surface area contributed by atoms with E-state index in [0.717, 1.165) is 54.7 Å². The number of hydrogen-bond donors (Lipinski definition) is 1. The second-order valence-corrected chi connectivity index (χ2v) is 9.02. The number of rotatable bonds is 3. The third-order valence-corrected chi connectivity index (χ3v) is 6.98. The monoisotopic (exact) mass is 456 g/mol. The molecule has 5 aromatic carbocycles. The van der Waals surface area contributed by atoms with Gasteiger partial charge in [0, 0.05) is 29.3 Å². The number of fused-ring (bicyclic) bond motifs is 9. The zero-order chi connectivity index (χ0) is 23.7. The van der Waals surface area contributed by atoms with Crippen LogP contribution in [-0.4, -0.2) is 28.7 Å². The van der Waals surface area contributed by atoms with Crippen LogP contribution in [0.15, 0.2) is 84.9 Å². The van der Waals surface area contributed by atoms with Crippen molar-refractivity contribution < 1.29 is 14.3 Å². The molecule has 5 nitrogen and oxygen atoms in total. The lowest BCUT2D eigenvalue weighted by Gasteiger charge is -2.08. The summed E-state index contributed by atoms with van der Waals surface area (Å²) in [4.78, 5) is 31.2. The molecule has 0 aliphatic carbocycles. The molecular formula is C30H20N2O3. The number of benzene rings is 5. The van der Waals surface area contributed by atoms with Gasteiger partial charge in [-0.2, -0.15) is 0 Å². The maximum Gasteiger partial charge on any atom is 0.262 e. The Kier molecular flexibility index (Phi) is 4.06. The molecule has 0 bridgehead atoms. The van der Waals surface area contributed by atoms with Crippen molar-refractivity contribution in [2.45, 2.75) is 6.61 Å². The maximum atomic E-state index is 13.3. The van der Waals surface area contributed by atoms with Gasteiger partial charge in [0.1, 0.15) is 12.4 Å². The van der Waals surface area contributed by atoms with Crippen LogP contribution in [0, 0.1) is 0 Å². The van der Waals surface area contributed by atoms with Crippen molar-refractivity contribution in [2.75, 3.05) is 7.05 Å². The number of aromatic nitrogens is 1. The Morgan fingerprint density at radius 1 is 0.743 bits per heavy atom. The molecule has 1 aliphatic heterocycles. The molecule has 1 N–H and O–H groups in total. The molecule has 0 spiro atoms. The standard InChI is InChI=1S/C30H20N2O3/c1-32-29(33)26-22-13-18-9-5-6-10-19(18)14-23(22)28-25(27(26)30(32)34)21-12-11-20(15-24(21)31-28)35-16-17-7-3-2-4-8-17/h2-15,31H,16H2,1H3. The van der Waals surface area contributed by atoms with Gasteiger partial charge in [0.2, 0.25) is 0 Å². The summed E-state index contributed by atoms with van der Waals surface area (Å²) in [5.41, 5.74) is 3.77. The molecule has 168 valence electrons. The molecule has 35 heavy (non-hydrogen) atoms.